The molecule has 0 saturated carbocycles. The first-order chi connectivity index (χ1) is 14.1. The van der Waals surface area contributed by atoms with E-state index in [2.05, 4.69) is 5.16 Å². The third-order valence-electron chi connectivity index (χ3n) is 5.41. The minimum Gasteiger partial charge on any atom is -0.497 e. The van der Waals surface area contributed by atoms with Crippen LogP contribution in [-0.2, 0) is 14.4 Å². The standard InChI is InChI=1S/C22H18N2O5/c1-12-16(11-13-5-3-4-6-17(13)28-12)19-18-20(29-23-19)22(26)24(21(18)25)14-7-9-15(27-2)10-8-14/h3-12,18,20H,1-2H3/t12-,18+,20-/m1/s1. The molecule has 0 bridgehead atoms. The number of carbonyl (C=O) groups is 2. The Morgan fingerprint density at radius 2 is 1.79 bits per heavy atom. The number of hydrogen-bond acceptors (Lipinski definition) is 6. The third kappa shape index (κ3) is 2.61. The van der Waals surface area contributed by atoms with Crippen molar-refractivity contribution in [3.63, 3.8) is 0 Å². The number of methoxy groups -OCH3 is 1. The molecule has 2 amide bonds. The predicted octanol–water partition coefficient (Wildman–Crippen LogP) is 2.80. The van der Waals surface area contributed by atoms with Gasteiger partial charge in [-0.2, -0.15) is 0 Å². The lowest BCUT2D eigenvalue weighted by Crippen LogP contribution is -2.35. The van der Waals surface area contributed by atoms with Gasteiger partial charge < -0.3 is 14.3 Å². The molecule has 0 unspecified atom stereocenters. The number of para-hydroxylation sites is 1. The summed E-state index contributed by atoms with van der Waals surface area (Å²) in [5.74, 6) is -0.146. The lowest BCUT2D eigenvalue weighted by atomic mass is 9.89. The average molecular weight is 390 g/mol. The van der Waals surface area contributed by atoms with Crippen molar-refractivity contribution in [2.24, 2.45) is 11.1 Å². The van der Waals surface area contributed by atoms with Crippen LogP contribution in [0.15, 0.2) is 59.3 Å². The molecule has 1 fully saturated rings. The van der Waals surface area contributed by atoms with Crippen LogP contribution in [0.3, 0.4) is 0 Å². The van der Waals surface area contributed by atoms with Crippen LogP contribution >= 0.6 is 0 Å². The minimum absolute atomic E-state index is 0.316. The molecule has 2 aromatic rings. The number of ether oxygens (including phenoxy) is 2. The van der Waals surface area contributed by atoms with Gasteiger partial charge in [-0.3, -0.25) is 9.59 Å². The van der Waals surface area contributed by atoms with Gasteiger partial charge in [-0.15, -0.1) is 0 Å². The molecule has 2 aromatic carbocycles. The number of nitrogens with zero attached hydrogens (tertiary/aromatic N) is 2. The van der Waals surface area contributed by atoms with Gasteiger partial charge in [0.1, 0.15) is 29.2 Å². The number of imide groups is 1. The SMILES string of the molecule is COc1ccc(N2C(=O)[C@H]3C(C4=Cc5ccccc5O[C@@H]4C)=NO[C@H]3C2=O)cc1. The van der Waals surface area contributed by atoms with Crippen LogP contribution in [0.4, 0.5) is 5.69 Å². The molecular weight excluding hydrogens is 372 g/mol. The third-order valence-corrected chi connectivity index (χ3v) is 5.41. The number of amides is 2. The Hall–Kier alpha value is -3.61. The number of fused-ring (bicyclic) bond motifs is 2. The Balaban J connectivity index is 1.49. The first kappa shape index (κ1) is 17.5. The molecule has 0 N–H and O–H groups in total. The summed E-state index contributed by atoms with van der Waals surface area (Å²) < 4.78 is 11.1. The zero-order valence-electron chi connectivity index (χ0n) is 15.9. The maximum atomic E-state index is 13.2. The smallest absolute Gasteiger partial charge is 0.278 e. The van der Waals surface area contributed by atoms with Crippen molar-refractivity contribution < 1.29 is 23.9 Å². The van der Waals surface area contributed by atoms with Crippen molar-refractivity contribution in [2.45, 2.75) is 19.1 Å². The van der Waals surface area contributed by atoms with Crippen LogP contribution in [0.5, 0.6) is 11.5 Å². The maximum Gasteiger partial charge on any atom is 0.278 e. The summed E-state index contributed by atoms with van der Waals surface area (Å²) in [4.78, 5) is 32.7. The fourth-order valence-corrected chi connectivity index (χ4v) is 3.93. The zero-order valence-corrected chi connectivity index (χ0v) is 15.9. The molecule has 0 aromatic heterocycles. The number of rotatable bonds is 3. The molecular formula is C22H18N2O5. The van der Waals surface area contributed by atoms with Crippen molar-refractivity contribution in [3.8, 4) is 11.5 Å². The Morgan fingerprint density at radius 1 is 1.03 bits per heavy atom. The van der Waals surface area contributed by atoms with Crippen LogP contribution in [0.2, 0.25) is 0 Å². The van der Waals surface area contributed by atoms with Gasteiger partial charge >= 0.3 is 0 Å². The van der Waals surface area contributed by atoms with Gasteiger partial charge in [-0.1, -0.05) is 23.4 Å². The Bertz CT molecular complexity index is 1070. The highest BCUT2D eigenvalue weighted by Gasteiger charge is 2.57. The van der Waals surface area contributed by atoms with E-state index in [0.717, 1.165) is 21.8 Å². The second-order valence-corrected chi connectivity index (χ2v) is 7.09. The maximum absolute atomic E-state index is 13.2. The van der Waals surface area contributed by atoms with Gasteiger partial charge in [-0.05, 0) is 43.3 Å². The second-order valence-electron chi connectivity index (χ2n) is 7.09. The molecule has 3 aliphatic rings. The van der Waals surface area contributed by atoms with Gasteiger partial charge in [0, 0.05) is 11.1 Å². The fraction of sp³-hybridized carbons (Fsp3) is 0.227. The molecule has 5 rings (SSSR count). The average Bonchev–Trinajstić information content (AvgIpc) is 3.28. The van der Waals surface area contributed by atoms with Crippen molar-refractivity contribution in [1.29, 1.82) is 0 Å². The molecule has 29 heavy (non-hydrogen) atoms. The summed E-state index contributed by atoms with van der Waals surface area (Å²) in [5, 5.41) is 4.10. The van der Waals surface area contributed by atoms with E-state index in [1.54, 1.807) is 31.4 Å². The van der Waals surface area contributed by atoms with Crippen LogP contribution in [0, 0.1) is 5.92 Å². The summed E-state index contributed by atoms with van der Waals surface area (Å²) in [6.07, 6.45) is 0.677. The quantitative estimate of drug-likeness (QED) is 0.753. The van der Waals surface area contributed by atoms with Gasteiger partial charge in [0.25, 0.3) is 5.91 Å². The predicted molar refractivity (Wildman–Crippen MR) is 106 cm³/mol. The Morgan fingerprint density at radius 3 is 2.55 bits per heavy atom. The van der Waals surface area contributed by atoms with E-state index in [1.165, 1.54) is 0 Å². The fourth-order valence-electron chi connectivity index (χ4n) is 3.93. The molecule has 146 valence electrons. The number of hydrogen-bond donors (Lipinski definition) is 0. The van der Waals surface area contributed by atoms with Crippen molar-refractivity contribution in [3.05, 3.63) is 59.7 Å². The molecule has 3 heterocycles. The summed E-state index contributed by atoms with van der Waals surface area (Å²) in [7, 11) is 1.56. The van der Waals surface area contributed by atoms with Gasteiger partial charge in [0.2, 0.25) is 12.0 Å². The molecule has 7 nitrogen and oxygen atoms in total. The molecule has 1 saturated heterocycles. The van der Waals surface area contributed by atoms with E-state index >= 15 is 0 Å². The Kier molecular flexibility index (Phi) is 3.91. The van der Waals surface area contributed by atoms with Crippen LogP contribution in [0.1, 0.15) is 12.5 Å². The van der Waals surface area contributed by atoms with Crippen molar-refractivity contribution in [2.75, 3.05) is 12.0 Å². The zero-order chi connectivity index (χ0) is 20.1. The van der Waals surface area contributed by atoms with Gasteiger partial charge in [0.15, 0.2) is 0 Å². The van der Waals surface area contributed by atoms with Crippen LogP contribution in [-0.4, -0.2) is 36.8 Å². The van der Waals surface area contributed by atoms with Crippen LogP contribution in [0.25, 0.3) is 6.08 Å². The minimum atomic E-state index is -0.954. The van der Waals surface area contributed by atoms with E-state index in [4.69, 9.17) is 14.3 Å². The second kappa shape index (κ2) is 6.48. The highest BCUT2D eigenvalue weighted by Crippen LogP contribution is 2.39. The first-order valence-corrected chi connectivity index (χ1v) is 9.31. The molecule has 0 aliphatic carbocycles. The largest absolute Gasteiger partial charge is 0.497 e. The van der Waals surface area contributed by atoms with Crippen molar-refractivity contribution in [1.82, 2.24) is 0 Å². The highest BCUT2D eigenvalue weighted by atomic mass is 16.7. The normalized spacial score (nSPS) is 24.9. The summed E-state index contributed by atoms with van der Waals surface area (Å²) >= 11 is 0. The van der Waals surface area contributed by atoms with Gasteiger partial charge in [0.05, 0.1) is 12.8 Å². The van der Waals surface area contributed by atoms with E-state index in [9.17, 15) is 9.59 Å². The van der Waals surface area contributed by atoms with E-state index in [-0.39, 0.29) is 12.0 Å². The molecule has 0 spiro atoms. The first-order valence-electron chi connectivity index (χ1n) is 9.31. The lowest BCUT2D eigenvalue weighted by molar-refractivity contribution is -0.126. The Labute approximate surface area is 167 Å². The summed E-state index contributed by atoms with van der Waals surface area (Å²) in [5.41, 5.74) is 2.57. The number of oxime groups is 1. The van der Waals surface area contributed by atoms with Crippen LogP contribution < -0.4 is 14.4 Å². The molecule has 3 aliphatic heterocycles. The van der Waals surface area contributed by atoms with E-state index in [1.807, 2.05) is 37.3 Å². The van der Waals surface area contributed by atoms with E-state index in [0.29, 0.717) is 17.1 Å². The highest BCUT2D eigenvalue weighted by molar-refractivity contribution is 6.33. The number of anilines is 1. The lowest BCUT2D eigenvalue weighted by Gasteiger charge is -2.25. The van der Waals surface area contributed by atoms with Crippen molar-refractivity contribution >= 4 is 29.3 Å². The summed E-state index contributed by atoms with van der Waals surface area (Å²) in [6.45, 7) is 1.89. The monoisotopic (exact) mass is 390 g/mol. The molecule has 0 radical (unpaired) electrons. The number of carbonyl (C=O) groups excluding carboxylic acids is 2. The topological polar surface area (TPSA) is 77.4 Å². The molecule has 7 heteroatoms. The summed E-state index contributed by atoms with van der Waals surface area (Å²) in [6, 6.07) is 14.4. The van der Waals surface area contributed by atoms with E-state index < -0.39 is 17.9 Å². The van der Waals surface area contributed by atoms with Gasteiger partial charge in [-0.25, -0.2) is 4.90 Å². The number of benzene rings is 2. The molecule has 3 atom stereocenters.